The summed E-state index contributed by atoms with van der Waals surface area (Å²) in [6.07, 6.45) is 0.904. The zero-order valence-electron chi connectivity index (χ0n) is 6.72. The van der Waals surface area contributed by atoms with Crippen molar-refractivity contribution in [3.63, 3.8) is 0 Å². The molecule has 0 aromatic carbocycles. The van der Waals surface area contributed by atoms with E-state index >= 15 is 0 Å². The molecule has 1 unspecified atom stereocenters. The van der Waals surface area contributed by atoms with Gasteiger partial charge < -0.3 is 5.73 Å². The summed E-state index contributed by atoms with van der Waals surface area (Å²) in [7, 11) is 0. The van der Waals surface area contributed by atoms with E-state index in [0.29, 0.717) is 0 Å². The van der Waals surface area contributed by atoms with E-state index in [-0.39, 0.29) is 6.04 Å². The Hall–Kier alpha value is 0.0700. The van der Waals surface area contributed by atoms with Crippen molar-refractivity contribution in [2.24, 2.45) is 5.73 Å². The zero-order valence-corrected chi connectivity index (χ0v) is 9.89. The van der Waals surface area contributed by atoms with E-state index in [1.165, 1.54) is 0 Å². The molecule has 0 fully saturated rings. The van der Waals surface area contributed by atoms with Crippen molar-refractivity contribution >= 4 is 31.9 Å². The van der Waals surface area contributed by atoms with Gasteiger partial charge >= 0.3 is 0 Å². The monoisotopic (exact) mass is 292 g/mol. The van der Waals surface area contributed by atoms with E-state index in [2.05, 4.69) is 36.8 Å². The molecule has 0 aliphatic heterocycles. The fraction of sp³-hybridized carbons (Fsp3) is 0.375. The molecule has 4 heteroatoms. The van der Waals surface area contributed by atoms with Crippen LogP contribution in [-0.4, -0.2) is 4.98 Å². The highest BCUT2D eigenvalue weighted by Gasteiger charge is 2.06. The van der Waals surface area contributed by atoms with Gasteiger partial charge in [-0.15, -0.1) is 0 Å². The molecule has 0 aliphatic carbocycles. The Morgan fingerprint density at radius 2 is 2.17 bits per heavy atom. The molecule has 66 valence electrons. The molecule has 0 saturated carbocycles. The number of rotatable bonds is 2. The summed E-state index contributed by atoms with van der Waals surface area (Å²) in [5.41, 5.74) is 6.74. The minimum absolute atomic E-state index is 0.0365. The second kappa shape index (κ2) is 4.35. The van der Waals surface area contributed by atoms with Gasteiger partial charge in [-0.3, -0.25) is 0 Å². The summed E-state index contributed by atoms with van der Waals surface area (Å²) in [4.78, 5) is 4.29. The number of halogens is 2. The minimum atomic E-state index is 0.0365. The summed E-state index contributed by atoms with van der Waals surface area (Å²) in [6.45, 7) is 2.04. The van der Waals surface area contributed by atoms with Gasteiger partial charge in [0, 0.05) is 6.04 Å². The van der Waals surface area contributed by atoms with Crippen LogP contribution in [-0.2, 0) is 0 Å². The van der Waals surface area contributed by atoms with E-state index in [0.717, 1.165) is 21.2 Å². The molecule has 0 spiro atoms. The number of pyridine rings is 1. The van der Waals surface area contributed by atoms with Crippen molar-refractivity contribution in [2.75, 3.05) is 0 Å². The number of hydrogen-bond donors (Lipinski definition) is 1. The Bertz CT molecular complexity index is 276. The van der Waals surface area contributed by atoms with Gasteiger partial charge in [0.25, 0.3) is 0 Å². The van der Waals surface area contributed by atoms with E-state index in [4.69, 9.17) is 5.73 Å². The van der Waals surface area contributed by atoms with Gasteiger partial charge in [-0.1, -0.05) is 6.92 Å². The van der Waals surface area contributed by atoms with Gasteiger partial charge in [0.05, 0.1) is 10.2 Å². The fourth-order valence-corrected chi connectivity index (χ4v) is 1.40. The van der Waals surface area contributed by atoms with Crippen molar-refractivity contribution in [3.05, 3.63) is 26.9 Å². The lowest BCUT2D eigenvalue weighted by Crippen LogP contribution is -2.10. The first kappa shape index (κ1) is 10.2. The first-order valence-electron chi connectivity index (χ1n) is 3.72. The van der Waals surface area contributed by atoms with Crippen LogP contribution in [0.2, 0.25) is 0 Å². The van der Waals surface area contributed by atoms with Gasteiger partial charge in [0.2, 0.25) is 0 Å². The van der Waals surface area contributed by atoms with Crippen LogP contribution in [0.4, 0.5) is 0 Å². The molecule has 1 heterocycles. The number of nitrogens with two attached hydrogens (primary N) is 1. The van der Waals surface area contributed by atoms with Crippen LogP contribution in [0.25, 0.3) is 0 Å². The maximum atomic E-state index is 5.81. The Balaban J connectivity index is 2.96. The first-order valence-corrected chi connectivity index (χ1v) is 5.31. The molecule has 12 heavy (non-hydrogen) atoms. The number of nitrogens with zero attached hydrogens (tertiary/aromatic N) is 1. The average Bonchev–Trinajstić information content (AvgIpc) is 2.08. The van der Waals surface area contributed by atoms with Crippen molar-refractivity contribution in [1.29, 1.82) is 0 Å². The lowest BCUT2D eigenvalue weighted by Gasteiger charge is -2.08. The van der Waals surface area contributed by atoms with E-state index < -0.39 is 0 Å². The highest BCUT2D eigenvalue weighted by molar-refractivity contribution is 9.13. The third kappa shape index (κ3) is 2.28. The minimum Gasteiger partial charge on any atom is -0.323 e. The summed E-state index contributed by atoms with van der Waals surface area (Å²) >= 11 is 6.68. The van der Waals surface area contributed by atoms with Crippen LogP contribution in [0, 0.1) is 0 Å². The van der Waals surface area contributed by atoms with Crippen molar-refractivity contribution in [2.45, 2.75) is 19.4 Å². The standard InChI is InChI=1S/C8H10Br2N2/c1-2-6(11)7-4-3-5(9)8(10)12-7/h3-4,6H,2,11H2,1H3. The van der Waals surface area contributed by atoms with E-state index in [1.54, 1.807) is 0 Å². The Morgan fingerprint density at radius 3 is 2.67 bits per heavy atom. The highest BCUT2D eigenvalue weighted by atomic mass is 79.9. The van der Waals surface area contributed by atoms with Crippen molar-refractivity contribution < 1.29 is 0 Å². The van der Waals surface area contributed by atoms with Crippen molar-refractivity contribution in [3.8, 4) is 0 Å². The summed E-state index contributed by atoms with van der Waals surface area (Å²) in [6, 6.07) is 3.92. The topological polar surface area (TPSA) is 38.9 Å². The molecular weight excluding hydrogens is 284 g/mol. The third-order valence-corrected chi connectivity index (χ3v) is 3.42. The average molecular weight is 294 g/mol. The third-order valence-electron chi connectivity index (χ3n) is 1.64. The van der Waals surface area contributed by atoms with Gasteiger partial charge in [0.15, 0.2) is 0 Å². The smallest absolute Gasteiger partial charge is 0.120 e. The first-order chi connectivity index (χ1) is 5.65. The van der Waals surface area contributed by atoms with Gasteiger partial charge in [-0.2, -0.15) is 0 Å². The Kier molecular flexibility index (Phi) is 3.68. The predicted molar refractivity (Wildman–Crippen MR) is 56.9 cm³/mol. The molecule has 0 saturated heterocycles. The van der Waals surface area contributed by atoms with E-state index in [9.17, 15) is 0 Å². The van der Waals surface area contributed by atoms with Crippen LogP contribution < -0.4 is 5.73 Å². The molecule has 0 radical (unpaired) electrons. The van der Waals surface area contributed by atoms with Crippen LogP contribution in [0.5, 0.6) is 0 Å². The molecule has 0 aliphatic rings. The zero-order chi connectivity index (χ0) is 9.14. The normalized spacial score (nSPS) is 13.0. The van der Waals surface area contributed by atoms with Crippen molar-refractivity contribution in [1.82, 2.24) is 4.98 Å². The molecule has 0 amide bonds. The second-order valence-corrected chi connectivity index (χ2v) is 4.13. The number of hydrogen-bond acceptors (Lipinski definition) is 2. The fourth-order valence-electron chi connectivity index (χ4n) is 0.847. The van der Waals surface area contributed by atoms with E-state index in [1.807, 2.05) is 19.1 Å². The summed E-state index contributed by atoms with van der Waals surface area (Å²) < 4.78 is 1.76. The Labute approximate surface area is 88.8 Å². The molecule has 2 N–H and O–H groups in total. The molecule has 1 aromatic heterocycles. The molecule has 1 rings (SSSR count). The summed E-state index contributed by atoms with van der Waals surface area (Å²) in [5, 5.41) is 0. The molecule has 2 nitrogen and oxygen atoms in total. The number of aromatic nitrogens is 1. The molecule has 0 bridgehead atoms. The maximum absolute atomic E-state index is 5.81. The lowest BCUT2D eigenvalue weighted by molar-refractivity contribution is 0.673. The van der Waals surface area contributed by atoms with Crippen LogP contribution >= 0.6 is 31.9 Å². The van der Waals surface area contributed by atoms with Crippen LogP contribution in [0.3, 0.4) is 0 Å². The molecule has 1 aromatic rings. The predicted octanol–water partition coefficient (Wildman–Crippen LogP) is 3.02. The SMILES string of the molecule is CCC(N)c1ccc(Br)c(Br)n1. The summed E-state index contributed by atoms with van der Waals surface area (Å²) in [5.74, 6) is 0. The molecular formula is C8H10Br2N2. The lowest BCUT2D eigenvalue weighted by atomic mass is 10.1. The second-order valence-electron chi connectivity index (χ2n) is 2.52. The highest BCUT2D eigenvalue weighted by Crippen LogP contribution is 2.22. The Morgan fingerprint density at radius 1 is 1.50 bits per heavy atom. The maximum Gasteiger partial charge on any atom is 0.120 e. The largest absolute Gasteiger partial charge is 0.323 e. The van der Waals surface area contributed by atoms with Gasteiger partial charge in [0.1, 0.15) is 4.60 Å². The molecule has 1 atom stereocenters. The quantitative estimate of drug-likeness (QED) is 0.852. The van der Waals surface area contributed by atoms with Gasteiger partial charge in [-0.25, -0.2) is 4.98 Å². The van der Waals surface area contributed by atoms with Gasteiger partial charge in [-0.05, 0) is 50.4 Å². The van der Waals surface area contributed by atoms with Crippen LogP contribution in [0.15, 0.2) is 21.2 Å². The van der Waals surface area contributed by atoms with Crippen LogP contribution in [0.1, 0.15) is 25.1 Å².